The van der Waals surface area contributed by atoms with Crippen molar-refractivity contribution in [2.75, 3.05) is 0 Å². The highest BCUT2D eigenvalue weighted by atomic mass is 35.5. The van der Waals surface area contributed by atoms with Gasteiger partial charge in [-0.05, 0) is 49.1 Å². The van der Waals surface area contributed by atoms with Gasteiger partial charge in [-0.25, -0.2) is 4.68 Å². The summed E-state index contributed by atoms with van der Waals surface area (Å²) in [4.78, 5) is 12.8. The predicted molar refractivity (Wildman–Crippen MR) is 98.3 cm³/mol. The number of rotatable bonds is 3. The van der Waals surface area contributed by atoms with Gasteiger partial charge in [0, 0.05) is 5.02 Å². The van der Waals surface area contributed by atoms with E-state index in [1.807, 2.05) is 43.3 Å². The third-order valence-electron chi connectivity index (χ3n) is 4.75. The number of hydrogen-bond donors (Lipinski definition) is 1. The van der Waals surface area contributed by atoms with Crippen LogP contribution in [0.3, 0.4) is 0 Å². The second-order valence-electron chi connectivity index (χ2n) is 6.30. The van der Waals surface area contributed by atoms with Gasteiger partial charge >= 0.3 is 0 Å². The molecule has 0 saturated heterocycles. The van der Waals surface area contributed by atoms with Crippen LogP contribution >= 0.6 is 11.6 Å². The smallest absolute Gasteiger partial charge is 0.255 e. The molecule has 1 heterocycles. The van der Waals surface area contributed by atoms with Crippen LogP contribution in [-0.2, 0) is 6.42 Å². The van der Waals surface area contributed by atoms with Crippen LogP contribution in [0.25, 0.3) is 5.69 Å². The minimum Gasteiger partial charge on any atom is -0.345 e. The molecule has 0 aliphatic heterocycles. The maximum Gasteiger partial charge on any atom is 0.255 e. The molecule has 126 valence electrons. The van der Waals surface area contributed by atoms with Crippen LogP contribution in [0.4, 0.5) is 0 Å². The first kappa shape index (κ1) is 15.9. The number of aryl methyl sites for hydroxylation is 1. The number of aromatic nitrogens is 2. The number of carbonyl (C=O) groups is 1. The highest BCUT2D eigenvalue weighted by molar-refractivity contribution is 6.30. The molecule has 1 aliphatic rings. The molecule has 1 aliphatic carbocycles. The summed E-state index contributed by atoms with van der Waals surface area (Å²) in [5, 5.41) is 8.15. The number of hydrogen-bond acceptors (Lipinski definition) is 2. The zero-order chi connectivity index (χ0) is 17.4. The van der Waals surface area contributed by atoms with Crippen molar-refractivity contribution in [3.05, 3.63) is 82.1 Å². The van der Waals surface area contributed by atoms with E-state index < -0.39 is 0 Å². The van der Waals surface area contributed by atoms with Crippen molar-refractivity contribution in [3.8, 4) is 5.69 Å². The largest absolute Gasteiger partial charge is 0.345 e. The van der Waals surface area contributed by atoms with E-state index in [4.69, 9.17) is 11.6 Å². The molecule has 0 spiro atoms. The Morgan fingerprint density at radius 3 is 2.92 bits per heavy atom. The quantitative estimate of drug-likeness (QED) is 0.766. The lowest BCUT2D eigenvalue weighted by atomic mass is 10.1. The van der Waals surface area contributed by atoms with Gasteiger partial charge in [0.15, 0.2) is 0 Å². The van der Waals surface area contributed by atoms with Crippen LogP contribution in [0.15, 0.2) is 54.7 Å². The molecule has 1 amide bonds. The molecule has 0 saturated carbocycles. The Kier molecular flexibility index (Phi) is 4.06. The standard InChI is InChI=1S/C20H18ClN3O/c1-13-18(12-22-24(13)16-7-4-6-15(21)11-16)20(25)23-19-10-9-14-5-2-3-8-17(14)19/h2-8,11-12,19H,9-10H2,1H3,(H,23,25). The van der Waals surface area contributed by atoms with Crippen molar-refractivity contribution in [1.82, 2.24) is 15.1 Å². The Bertz CT molecular complexity index is 948. The number of benzene rings is 2. The fourth-order valence-corrected chi connectivity index (χ4v) is 3.63. The van der Waals surface area contributed by atoms with Gasteiger partial charge in [-0.2, -0.15) is 5.10 Å². The lowest BCUT2D eigenvalue weighted by Gasteiger charge is -2.14. The molecular formula is C20H18ClN3O. The maximum absolute atomic E-state index is 12.8. The van der Waals surface area contributed by atoms with Crippen molar-refractivity contribution in [3.63, 3.8) is 0 Å². The van der Waals surface area contributed by atoms with E-state index in [-0.39, 0.29) is 11.9 Å². The molecule has 1 aromatic heterocycles. The normalized spacial score (nSPS) is 15.8. The van der Waals surface area contributed by atoms with E-state index >= 15 is 0 Å². The molecule has 0 fully saturated rings. The van der Waals surface area contributed by atoms with Gasteiger partial charge in [-0.3, -0.25) is 4.79 Å². The molecule has 0 bridgehead atoms. The summed E-state index contributed by atoms with van der Waals surface area (Å²) in [5.41, 5.74) is 4.76. The van der Waals surface area contributed by atoms with Gasteiger partial charge in [0.05, 0.1) is 29.2 Å². The highest BCUT2D eigenvalue weighted by Gasteiger charge is 2.25. The Labute approximate surface area is 151 Å². The van der Waals surface area contributed by atoms with Crippen molar-refractivity contribution < 1.29 is 4.79 Å². The molecule has 1 atom stereocenters. The minimum absolute atomic E-state index is 0.0672. The van der Waals surface area contributed by atoms with Crippen LogP contribution in [0.1, 0.15) is 39.6 Å². The van der Waals surface area contributed by atoms with E-state index in [1.54, 1.807) is 10.9 Å². The summed E-state index contributed by atoms with van der Waals surface area (Å²) in [7, 11) is 0. The van der Waals surface area contributed by atoms with Gasteiger partial charge in [-0.15, -0.1) is 0 Å². The molecule has 1 N–H and O–H groups in total. The fraction of sp³-hybridized carbons (Fsp3) is 0.200. The Morgan fingerprint density at radius 2 is 2.08 bits per heavy atom. The predicted octanol–water partition coefficient (Wildman–Crippen LogP) is 4.25. The molecule has 4 nitrogen and oxygen atoms in total. The second kappa shape index (κ2) is 6.37. The topological polar surface area (TPSA) is 46.9 Å². The average molecular weight is 352 g/mol. The number of fused-ring (bicyclic) bond motifs is 1. The number of carbonyl (C=O) groups excluding carboxylic acids is 1. The number of halogens is 1. The molecular weight excluding hydrogens is 334 g/mol. The second-order valence-corrected chi connectivity index (χ2v) is 6.74. The van der Waals surface area contributed by atoms with Gasteiger partial charge in [0.25, 0.3) is 5.91 Å². The molecule has 2 aromatic carbocycles. The van der Waals surface area contributed by atoms with E-state index in [2.05, 4.69) is 22.5 Å². The summed E-state index contributed by atoms with van der Waals surface area (Å²) < 4.78 is 1.74. The van der Waals surface area contributed by atoms with Gasteiger partial charge in [-0.1, -0.05) is 41.9 Å². The first-order valence-electron chi connectivity index (χ1n) is 8.33. The molecule has 4 rings (SSSR count). The summed E-state index contributed by atoms with van der Waals surface area (Å²) in [6, 6.07) is 15.8. The zero-order valence-corrected chi connectivity index (χ0v) is 14.6. The minimum atomic E-state index is -0.0903. The SMILES string of the molecule is Cc1c(C(=O)NC2CCc3ccccc32)cnn1-c1cccc(Cl)c1. The summed E-state index contributed by atoms with van der Waals surface area (Å²) in [6.07, 6.45) is 3.56. The molecule has 1 unspecified atom stereocenters. The lowest BCUT2D eigenvalue weighted by Crippen LogP contribution is -2.27. The first-order chi connectivity index (χ1) is 12.1. The van der Waals surface area contributed by atoms with Crippen LogP contribution in [-0.4, -0.2) is 15.7 Å². The fourth-order valence-electron chi connectivity index (χ4n) is 3.44. The summed E-state index contributed by atoms with van der Waals surface area (Å²) in [6.45, 7) is 1.89. The third kappa shape index (κ3) is 2.94. The highest BCUT2D eigenvalue weighted by Crippen LogP contribution is 2.31. The molecule has 3 aromatic rings. The number of nitrogens with zero attached hydrogens (tertiary/aromatic N) is 2. The van der Waals surface area contributed by atoms with E-state index in [0.29, 0.717) is 10.6 Å². The van der Waals surface area contributed by atoms with Crippen LogP contribution in [0.5, 0.6) is 0 Å². The third-order valence-corrected chi connectivity index (χ3v) is 4.98. The Morgan fingerprint density at radius 1 is 1.24 bits per heavy atom. The van der Waals surface area contributed by atoms with Crippen molar-refractivity contribution in [2.45, 2.75) is 25.8 Å². The Hall–Kier alpha value is -2.59. The molecule has 25 heavy (non-hydrogen) atoms. The van der Waals surface area contributed by atoms with E-state index in [1.165, 1.54) is 11.1 Å². The van der Waals surface area contributed by atoms with E-state index in [0.717, 1.165) is 24.2 Å². The van der Waals surface area contributed by atoms with Crippen molar-refractivity contribution in [1.29, 1.82) is 0 Å². The van der Waals surface area contributed by atoms with Crippen molar-refractivity contribution in [2.24, 2.45) is 0 Å². The molecule has 5 heteroatoms. The summed E-state index contributed by atoms with van der Waals surface area (Å²) in [5.74, 6) is -0.0903. The number of nitrogens with one attached hydrogen (secondary N) is 1. The first-order valence-corrected chi connectivity index (χ1v) is 8.70. The molecule has 0 radical (unpaired) electrons. The van der Waals surface area contributed by atoms with Gasteiger partial charge < -0.3 is 5.32 Å². The van der Waals surface area contributed by atoms with Crippen LogP contribution in [0, 0.1) is 6.92 Å². The number of amides is 1. The maximum atomic E-state index is 12.8. The average Bonchev–Trinajstić information content (AvgIpc) is 3.19. The monoisotopic (exact) mass is 351 g/mol. The van der Waals surface area contributed by atoms with Crippen molar-refractivity contribution >= 4 is 17.5 Å². The Balaban J connectivity index is 1.58. The van der Waals surface area contributed by atoms with Gasteiger partial charge in [0.1, 0.15) is 0 Å². The zero-order valence-electron chi connectivity index (χ0n) is 13.9. The van der Waals surface area contributed by atoms with Crippen LogP contribution in [0.2, 0.25) is 5.02 Å². The van der Waals surface area contributed by atoms with Crippen LogP contribution < -0.4 is 5.32 Å². The van der Waals surface area contributed by atoms with Gasteiger partial charge in [0.2, 0.25) is 0 Å². The summed E-state index contributed by atoms with van der Waals surface area (Å²) >= 11 is 6.06. The lowest BCUT2D eigenvalue weighted by molar-refractivity contribution is 0.0936. The van der Waals surface area contributed by atoms with E-state index in [9.17, 15) is 4.79 Å².